The van der Waals surface area contributed by atoms with Gasteiger partial charge in [0.25, 0.3) is 0 Å². The smallest absolute Gasteiger partial charge is 0.113 e. The van der Waals surface area contributed by atoms with Crippen molar-refractivity contribution >= 4 is 23.5 Å². The van der Waals surface area contributed by atoms with Gasteiger partial charge in [-0.2, -0.15) is 0 Å². The fourth-order valence-corrected chi connectivity index (χ4v) is 5.35. The summed E-state index contributed by atoms with van der Waals surface area (Å²) in [6, 6.07) is 21.0. The number of hydrogen-bond acceptors (Lipinski definition) is 3. The third kappa shape index (κ3) is 11.0. The van der Waals surface area contributed by atoms with Crippen LogP contribution in [0.2, 0.25) is 0 Å². The Bertz CT molecular complexity index is 1050. The van der Waals surface area contributed by atoms with E-state index < -0.39 is 0 Å². The van der Waals surface area contributed by atoms with E-state index in [0.717, 1.165) is 22.4 Å². The summed E-state index contributed by atoms with van der Waals surface area (Å²) in [6.45, 7) is 4.50. The second kappa shape index (κ2) is 17.0. The van der Waals surface area contributed by atoms with Gasteiger partial charge in [-0.05, 0) is 90.9 Å². The Morgan fingerprint density at radius 1 is 0.528 bits per heavy atom. The SMILES string of the molecule is CCCCCCSc1ccc(C#Cc2ccc(C#Cc3ccc(SCCCCCC)cc3)nc2)cc1. The van der Waals surface area contributed by atoms with Gasteiger partial charge in [-0.25, -0.2) is 4.98 Å². The van der Waals surface area contributed by atoms with Crippen LogP contribution >= 0.6 is 23.5 Å². The van der Waals surface area contributed by atoms with Gasteiger partial charge in [0.2, 0.25) is 0 Å². The van der Waals surface area contributed by atoms with Gasteiger partial charge in [0, 0.05) is 32.7 Å². The Hall–Kier alpha value is -2.59. The summed E-state index contributed by atoms with van der Waals surface area (Å²) in [4.78, 5) is 7.10. The number of rotatable bonds is 12. The zero-order valence-corrected chi connectivity index (χ0v) is 23.3. The topological polar surface area (TPSA) is 12.9 Å². The summed E-state index contributed by atoms with van der Waals surface area (Å²) >= 11 is 3.86. The molecule has 36 heavy (non-hydrogen) atoms. The van der Waals surface area contributed by atoms with Gasteiger partial charge in [0.15, 0.2) is 0 Å². The molecule has 0 bridgehead atoms. The average Bonchev–Trinajstić information content (AvgIpc) is 2.92. The molecule has 0 saturated carbocycles. The van der Waals surface area contributed by atoms with E-state index in [1.807, 2.05) is 35.7 Å². The molecule has 3 heteroatoms. The molecule has 0 aliphatic rings. The molecule has 3 rings (SSSR count). The molecule has 1 aromatic heterocycles. The van der Waals surface area contributed by atoms with Crippen molar-refractivity contribution in [1.29, 1.82) is 0 Å². The molecule has 0 unspecified atom stereocenters. The van der Waals surface area contributed by atoms with Crippen LogP contribution in [0.15, 0.2) is 76.7 Å². The minimum Gasteiger partial charge on any atom is -0.246 e. The second-order valence-corrected chi connectivity index (χ2v) is 11.1. The molecule has 0 radical (unpaired) electrons. The summed E-state index contributed by atoms with van der Waals surface area (Å²) in [5, 5.41) is 0. The van der Waals surface area contributed by atoms with Crippen molar-refractivity contribution in [2.75, 3.05) is 11.5 Å². The minimum absolute atomic E-state index is 0.759. The first-order valence-corrected chi connectivity index (χ1v) is 15.2. The van der Waals surface area contributed by atoms with E-state index in [-0.39, 0.29) is 0 Å². The molecule has 0 atom stereocenters. The van der Waals surface area contributed by atoms with Crippen molar-refractivity contribution in [3.63, 3.8) is 0 Å². The van der Waals surface area contributed by atoms with Crippen LogP contribution in [-0.4, -0.2) is 16.5 Å². The zero-order valence-electron chi connectivity index (χ0n) is 21.7. The Kier molecular flexibility index (Phi) is 13.2. The minimum atomic E-state index is 0.759. The summed E-state index contributed by atoms with van der Waals surface area (Å²) in [7, 11) is 0. The maximum atomic E-state index is 4.47. The van der Waals surface area contributed by atoms with E-state index in [9.17, 15) is 0 Å². The monoisotopic (exact) mass is 511 g/mol. The number of hydrogen-bond donors (Lipinski definition) is 0. The molecule has 2 aromatic carbocycles. The van der Waals surface area contributed by atoms with E-state index in [2.05, 4.69) is 91.0 Å². The molecule has 3 aromatic rings. The highest BCUT2D eigenvalue weighted by molar-refractivity contribution is 7.99. The largest absolute Gasteiger partial charge is 0.246 e. The highest BCUT2D eigenvalue weighted by Crippen LogP contribution is 2.21. The van der Waals surface area contributed by atoms with Crippen molar-refractivity contribution < 1.29 is 0 Å². The van der Waals surface area contributed by atoms with Gasteiger partial charge in [-0.15, -0.1) is 23.5 Å². The Labute approximate surface area is 227 Å². The maximum absolute atomic E-state index is 4.47. The molecule has 0 N–H and O–H groups in total. The quantitative estimate of drug-likeness (QED) is 0.137. The predicted octanol–water partition coefficient (Wildman–Crippen LogP) is 9.23. The van der Waals surface area contributed by atoms with Gasteiger partial charge in [-0.3, -0.25) is 0 Å². The lowest BCUT2D eigenvalue weighted by molar-refractivity contribution is 0.706. The standard InChI is InChI=1S/C33H37NS2/c1-3-5-7-9-25-35-32-21-15-28(16-22-32)11-12-30-14-20-31(34-27-30)19-13-29-17-23-33(24-18-29)36-26-10-8-6-4-2/h14-18,20-24,27H,3-10,25-26H2,1-2H3. The molecular formula is C33H37NS2. The second-order valence-electron chi connectivity index (χ2n) is 8.80. The van der Waals surface area contributed by atoms with Crippen LogP contribution in [0.3, 0.4) is 0 Å². The van der Waals surface area contributed by atoms with E-state index in [0.29, 0.717) is 0 Å². The molecule has 0 saturated heterocycles. The Morgan fingerprint density at radius 3 is 1.47 bits per heavy atom. The fraction of sp³-hybridized carbons (Fsp3) is 0.364. The van der Waals surface area contributed by atoms with E-state index in [1.165, 1.54) is 72.7 Å². The lowest BCUT2D eigenvalue weighted by atomic mass is 10.2. The lowest BCUT2D eigenvalue weighted by Gasteiger charge is -2.01. The van der Waals surface area contributed by atoms with Gasteiger partial charge in [0.1, 0.15) is 5.69 Å². The van der Waals surface area contributed by atoms with Crippen molar-refractivity contribution in [3.05, 3.63) is 89.2 Å². The van der Waals surface area contributed by atoms with Gasteiger partial charge in [0.05, 0.1) is 0 Å². The molecule has 0 spiro atoms. The van der Waals surface area contributed by atoms with Crippen LogP contribution in [0.5, 0.6) is 0 Å². The van der Waals surface area contributed by atoms with Crippen molar-refractivity contribution in [1.82, 2.24) is 4.98 Å². The summed E-state index contributed by atoms with van der Waals surface area (Å²) in [6.07, 6.45) is 12.3. The Balaban J connectivity index is 1.46. The molecule has 0 amide bonds. The van der Waals surface area contributed by atoms with Crippen molar-refractivity contribution in [2.45, 2.75) is 75.0 Å². The molecule has 186 valence electrons. The normalized spacial score (nSPS) is 10.3. The summed E-state index contributed by atoms with van der Waals surface area (Å²) in [5.41, 5.74) is 3.70. The number of unbranched alkanes of at least 4 members (excludes halogenated alkanes) is 6. The number of pyridine rings is 1. The van der Waals surface area contributed by atoms with Crippen molar-refractivity contribution in [2.24, 2.45) is 0 Å². The van der Waals surface area contributed by atoms with Gasteiger partial charge >= 0.3 is 0 Å². The number of benzene rings is 2. The van der Waals surface area contributed by atoms with Crippen LogP contribution < -0.4 is 0 Å². The molecule has 1 nitrogen and oxygen atoms in total. The first-order valence-electron chi connectivity index (χ1n) is 13.2. The third-order valence-corrected chi connectivity index (χ3v) is 7.89. The van der Waals surface area contributed by atoms with Crippen LogP contribution in [0, 0.1) is 23.7 Å². The van der Waals surface area contributed by atoms with E-state index >= 15 is 0 Å². The van der Waals surface area contributed by atoms with Crippen LogP contribution in [-0.2, 0) is 0 Å². The summed E-state index contributed by atoms with van der Waals surface area (Å²) in [5.74, 6) is 15.2. The molecule has 0 aliphatic heterocycles. The van der Waals surface area contributed by atoms with Crippen LogP contribution in [0.25, 0.3) is 0 Å². The van der Waals surface area contributed by atoms with Gasteiger partial charge < -0.3 is 0 Å². The fourth-order valence-electron chi connectivity index (χ4n) is 3.53. The van der Waals surface area contributed by atoms with Crippen molar-refractivity contribution in [3.8, 4) is 23.7 Å². The molecule has 0 aliphatic carbocycles. The zero-order chi connectivity index (χ0) is 25.3. The third-order valence-electron chi connectivity index (χ3n) is 5.69. The van der Waals surface area contributed by atoms with E-state index in [4.69, 9.17) is 0 Å². The maximum Gasteiger partial charge on any atom is 0.113 e. The Morgan fingerprint density at radius 2 is 1.00 bits per heavy atom. The van der Waals surface area contributed by atoms with Crippen LogP contribution in [0.1, 0.15) is 87.6 Å². The van der Waals surface area contributed by atoms with E-state index in [1.54, 1.807) is 6.20 Å². The molecular weight excluding hydrogens is 475 g/mol. The number of aromatic nitrogens is 1. The highest BCUT2D eigenvalue weighted by atomic mass is 32.2. The predicted molar refractivity (Wildman–Crippen MR) is 159 cm³/mol. The van der Waals surface area contributed by atoms with Crippen LogP contribution in [0.4, 0.5) is 0 Å². The number of thioether (sulfide) groups is 2. The first kappa shape index (κ1) is 28.0. The molecule has 1 heterocycles. The molecule has 0 fully saturated rings. The highest BCUT2D eigenvalue weighted by Gasteiger charge is 1.97. The average molecular weight is 512 g/mol. The lowest BCUT2D eigenvalue weighted by Crippen LogP contribution is -1.85. The number of nitrogens with zero attached hydrogens (tertiary/aromatic N) is 1. The first-order chi connectivity index (χ1) is 17.8. The van der Waals surface area contributed by atoms with Gasteiger partial charge in [-0.1, -0.05) is 70.1 Å². The summed E-state index contributed by atoms with van der Waals surface area (Å²) < 4.78 is 0.